The molecule has 0 spiro atoms. The highest BCUT2D eigenvalue weighted by atomic mass is 32.1. The van der Waals surface area contributed by atoms with Gasteiger partial charge in [-0.05, 0) is 26.7 Å². The molecule has 1 unspecified atom stereocenters. The summed E-state index contributed by atoms with van der Waals surface area (Å²) in [5, 5.41) is 4.75. The zero-order valence-corrected chi connectivity index (χ0v) is 12.4. The lowest BCUT2D eigenvalue weighted by atomic mass is 10.00. The normalized spacial score (nSPS) is 14.9. The van der Waals surface area contributed by atoms with E-state index in [1.165, 1.54) is 15.6 Å². The van der Waals surface area contributed by atoms with E-state index in [2.05, 4.69) is 33.0 Å². The Kier molecular flexibility index (Phi) is 5.56. The number of ether oxygens (including phenoxy) is 1. The summed E-state index contributed by atoms with van der Waals surface area (Å²) in [6.07, 6.45) is 2.05. The smallest absolute Gasteiger partial charge is 0.113 e. The lowest BCUT2D eigenvalue weighted by Crippen LogP contribution is -2.40. The number of hydrogen-bond donors (Lipinski definition) is 1. The third-order valence-corrected chi connectivity index (χ3v) is 4.51. The van der Waals surface area contributed by atoms with Crippen molar-refractivity contribution in [1.82, 2.24) is 10.3 Å². The molecule has 0 radical (unpaired) electrons. The highest BCUT2D eigenvalue weighted by molar-refractivity contribution is 7.11. The van der Waals surface area contributed by atoms with Crippen LogP contribution in [0.2, 0.25) is 0 Å². The third-order valence-electron chi connectivity index (χ3n) is 3.23. The van der Waals surface area contributed by atoms with Gasteiger partial charge in [-0.3, -0.25) is 0 Å². The largest absolute Gasteiger partial charge is 0.383 e. The second-order valence-corrected chi connectivity index (χ2v) is 5.68. The average Bonchev–Trinajstić information content (AvgIpc) is 2.71. The summed E-state index contributed by atoms with van der Waals surface area (Å²) in [4.78, 5) is 6.11. The van der Waals surface area contributed by atoms with Gasteiger partial charge in [-0.15, -0.1) is 11.3 Å². The van der Waals surface area contributed by atoms with Gasteiger partial charge >= 0.3 is 0 Å². The van der Waals surface area contributed by atoms with Gasteiger partial charge in [-0.2, -0.15) is 0 Å². The number of thiazole rings is 1. The lowest BCUT2D eigenvalue weighted by molar-refractivity contribution is 0.185. The van der Waals surface area contributed by atoms with E-state index in [9.17, 15) is 0 Å². The Labute approximate surface area is 109 Å². The van der Waals surface area contributed by atoms with Gasteiger partial charge < -0.3 is 10.1 Å². The maximum absolute atomic E-state index is 5.09. The van der Waals surface area contributed by atoms with Crippen LogP contribution in [-0.4, -0.2) is 25.2 Å². The fourth-order valence-electron chi connectivity index (χ4n) is 1.77. The van der Waals surface area contributed by atoms with Crippen LogP contribution in [0.3, 0.4) is 0 Å². The summed E-state index contributed by atoms with van der Waals surface area (Å²) in [7, 11) is 1.73. The number of nitrogens with zero attached hydrogens (tertiary/aromatic N) is 1. The molecule has 17 heavy (non-hydrogen) atoms. The Morgan fingerprint density at radius 1 is 1.41 bits per heavy atom. The monoisotopic (exact) mass is 256 g/mol. The van der Waals surface area contributed by atoms with E-state index in [0.717, 1.165) is 26.0 Å². The zero-order chi connectivity index (χ0) is 12.9. The van der Waals surface area contributed by atoms with Crippen molar-refractivity contribution in [2.45, 2.75) is 46.1 Å². The summed E-state index contributed by atoms with van der Waals surface area (Å²) in [6, 6.07) is 0. The quantitative estimate of drug-likeness (QED) is 0.762. The van der Waals surface area contributed by atoms with Crippen molar-refractivity contribution < 1.29 is 4.74 Å². The predicted octanol–water partition coefficient (Wildman–Crippen LogP) is 2.88. The van der Waals surface area contributed by atoms with E-state index >= 15 is 0 Å². The van der Waals surface area contributed by atoms with Crippen LogP contribution >= 0.6 is 11.3 Å². The van der Waals surface area contributed by atoms with Crippen molar-refractivity contribution in [2.75, 3.05) is 20.3 Å². The molecule has 1 N–H and O–H groups in total. The van der Waals surface area contributed by atoms with Gasteiger partial charge in [0.2, 0.25) is 0 Å². The average molecular weight is 256 g/mol. The van der Waals surface area contributed by atoms with Crippen molar-refractivity contribution in [3.8, 4) is 0 Å². The summed E-state index contributed by atoms with van der Waals surface area (Å²) < 4.78 is 5.09. The second-order valence-electron chi connectivity index (χ2n) is 4.48. The summed E-state index contributed by atoms with van der Waals surface area (Å²) in [5.41, 5.74) is 1.21. The standard InChI is InChI=1S/C13H24N2OS/c1-6-11-10(3)17-12(15-11)13(4,7-2)14-8-9-16-5/h14H,6-9H2,1-5H3. The van der Waals surface area contributed by atoms with Crippen molar-refractivity contribution in [3.63, 3.8) is 0 Å². The molecule has 1 atom stereocenters. The van der Waals surface area contributed by atoms with Gasteiger partial charge in [-0.1, -0.05) is 13.8 Å². The molecule has 0 aliphatic carbocycles. The molecule has 0 aliphatic rings. The molecule has 0 amide bonds. The Morgan fingerprint density at radius 2 is 2.12 bits per heavy atom. The molecule has 1 rings (SSSR count). The Balaban J connectivity index is 2.83. The lowest BCUT2D eigenvalue weighted by Gasteiger charge is -2.27. The first-order chi connectivity index (χ1) is 8.07. The van der Waals surface area contributed by atoms with Gasteiger partial charge in [-0.25, -0.2) is 4.98 Å². The highest BCUT2D eigenvalue weighted by Crippen LogP contribution is 2.30. The number of rotatable bonds is 7. The van der Waals surface area contributed by atoms with Crippen LogP contribution in [-0.2, 0) is 16.7 Å². The van der Waals surface area contributed by atoms with Gasteiger partial charge in [0.25, 0.3) is 0 Å². The summed E-state index contributed by atoms with van der Waals surface area (Å²) in [5.74, 6) is 0. The maximum Gasteiger partial charge on any atom is 0.113 e. The Morgan fingerprint density at radius 3 is 2.59 bits per heavy atom. The molecule has 0 fully saturated rings. The molecule has 3 nitrogen and oxygen atoms in total. The predicted molar refractivity (Wildman–Crippen MR) is 73.8 cm³/mol. The van der Waals surface area contributed by atoms with E-state index in [1.807, 2.05) is 11.3 Å². The molecule has 4 heteroatoms. The highest BCUT2D eigenvalue weighted by Gasteiger charge is 2.27. The first-order valence-electron chi connectivity index (χ1n) is 6.28. The van der Waals surface area contributed by atoms with Gasteiger partial charge in [0.05, 0.1) is 17.8 Å². The molecule has 98 valence electrons. The molecular formula is C13H24N2OS. The minimum atomic E-state index is -0.0264. The third kappa shape index (κ3) is 3.50. The first-order valence-corrected chi connectivity index (χ1v) is 7.09. The van der Waals surface area contributed by atoms with Crippen molar-refractivity contribution in [1.29, 1.82) is 0 Å². The van der Waals surface area contributed by atoms with Crippen LogP contribution in [0.1, 0.15) is 42.8 Å². The van der Waals surface area contributed by atoms with E-state index in [-0.39, 0.29) is 5.54 Å². The SMILES string of the molecule is CCc1nc(C(C)(CC)NCCOC)sc1C. The zero-order valence-electron chi connectivity index (χ0n) is 11.6. The van der Waals surface area contributed by atoms with Crippen LogP contribution in [0, 0.1) is 6.92 Å². The van der Waals surface area contributed by atoms with E-state index in [1.54, 1.807) is 7.11 Å². The maximum atomic E-state index is 5.09. The number of methoxy groups -OCH3 is 1. The van der Waals surface area contributed by atoms with Gasteiger partial charge in [0, 0.05) is 18.5 Å². The minimum Gasteiger partial charge on any atom is -0.383 e. The molecular weight excluding hydrogens is 232 g/mol. The second kappa shape index (κ2) is 6.47. The number of hydrogen-bond acceptors (Lipinski definition) is 4. The molecule has 0 aromatic carbocycles. The van der Waals surface area contributed by atoms with Crippen molar-refractivity contribution in [3.05, 3.63) is 15.6 Å². The van der Waals surface area contributed by atoms with Crippen molar-refractivity contribution in [2.24, 2.45) is 0 Å². The summed E-state index contributed by atoms with van der Waals surface area (Å²) >= 11 is 1.81. The van der Waals surface area contributed by atoms with E-state index < -0.39 is 0 Å². The first kappa shape index (κ1) is 14.6. The topological polar surface area (TPSA) is 34.2 Å². The number of aromatic nitrogens is 1. The van der Waals surface area contributed by atoms with Crippen LogP contribution in [0.4, 0.5) is 0 Å². The Bertz CT molecular complexity index is 351. The van der Waals surface area contributed by atoms with Crippen LogP contribution in [0.15, 0.2) is 0 Å². The molecule has 0 saturated carbocycles. The van der Waals surface area contributed by atoms with Crippen LogP contribution in [0.5, 0.6) is 0 Å². The van der Waals surface area contributed by atoms with E-state index in [0.29, 0.717) is 0 Å². The van der Waals surface area contributed by atoms with Gasteiger partial charge in [0.15, 0.2) is 0 Å². The van der Waals surface area contributed by atoms with Gasteiger partial charge in [0.1, 0.15) is 5.01 Å². The molecule has 0 aliphatic heterocycles. The minimum absolute atomic E-state index is 0.0264. The van der Waals surface area contributed by atoms with E-state index in [4.69, 9.17) is 9.72 Å². The Hall–Kier alpha value is -0.450. The fraction of sp³-hybridized carbons (Fsp3) is 0.769. The van der Waals surface area contributed by atoms with Crippen LogP contribution < -0.4 is 5.32 Å². The summed E-state index contributed by atoms with van der Waals surface area (Å²) in [6.45, 7) is 10.3. The number of aryl methyl sites for hydroxylation is 2. The molecule has 1 aromatic rings. The number of nitrogens with one attached hydrogen (secondary N) is 1. The molecule has 0 saturated heterocycles. The fourth-order valence-corrected chi connectivity index (χ4v) is 2.97. The molecule has 0 bridgehead atoms. The van der Waals surface area contributed by atoms with Crippen molar-refractivity contribution >= 4 is 11.3 Å². The van der Waals surface area contributed by atoms with Crippen LogP contribution in [0.25, 0.3) is 0 Å². The molecule has 1 aromatic heterocycles. The molecule has 1 heterocycles.